The van der Waals surface area contributed by atoms with Gasteiger partial charge in [-0.25, -0.2) is 9.37 Å². The third kappa shape index (κ3) is 2.23. The van der Waals surface area contributed by atoms with E-state index >= 15 is 0 Å². The first-order valence-electron chi connectivity index (χ1n) is 5.79. The van der Waals surface area contributed by atoms with Crippen LogP contribution in [0.1, 0.15) is 10.6 Å². The Morgan fingerprint density at radius 2 is 2.00 bits per heavy atom. The number of carbonyl (C=O) groups excluding carboxylic acids is 1. The van der Waals surface area contributed by atoms with Crippen LogP contribution < -0.4 is 5.73 Å². The van der Waals surface area contributed by atoms with E-state index < -0.39 is 11.7 Å². The Bertz CT molecular complexity index is 808. The number of nitrogens with one attached hydrogen (secondary N) is 1. The van der Waals surface area contributed by atoms with E-state index in [0.29, 0.717) is 21.6 Å². The number of fused-ring (bicyclic) bond motifs is 1. The Balaban J connectivity index is 2.14. The Morgan fingerprint density at radius 1 is 1.20 bits per heavy atom. The minimum absolute atomic E-state index is 0.0921. The van der Waals surface area contributed by atoms with Crippen molar-refractivity contribution in [3.05, 3.63) is 53.1 Å². The molecule has 0 unspecified atom stereocenters. The van der Waals surface area contributed by atoms with E-state index in [9.17, 15) is 9.18 Å². The SMILES string of the molecule is NC(=O)c1nc2ccc(-c3cc(F)cc(Cl)c3)cc2[nH]1. The van der Waals surface area contributed by atoms with Gasteiger partial charge in [-0.05, 0) is 41.5 Å². The Kier molecular flexibility index (Phi) is 2.91. The van der Waals surface area contributed by atoms with Crippen LogP contribution in [0.25, 0.3) is 22.2 Å². The Labute approximate surface area is 118 Å². The maximum absolute atomic E-state index is 13.4. The van der Waals surface area contributed by atoms with Gasteiger partial charge in [0.2, 0.25) is 0 Å². The molecule has 0 bridgehead atoms. The molecule has 0 aliphatic carbocycles. The fourth-order valence-corrected chi connectivity index (χ4v) is 2.25. The van der Waals surface area contributed by atoms with Crippen molar-refractivity contribution in [3.63, 3.8) is 0 Å². The Hall–Kier alpha value is -2.40. The number of halogens is 2. The quantitative estimate of drug-likeness (QED) is 0.761. The van der Waals surface area contributed by atoms with Gasteiger partial charge in [0, 0.05) is 5.02 Å². The lowest BCUT2D eigenvalue weighted by Gasteiger charge is -2.03. The fourth-order valence-electron chi connectivity index (χ4n) is 2.03. The van der Waals surface area contributed by atoms with Gasteiger partial charge in [0.05, 0.1) is 11.0 Å². The van der Waals surface area contributed by atoms with Gasteiger partial charge in [0.15, 0.2) is 5.82 Å². The van der Waals surface area contributed by atoms with Crippen LogP contribution in [0.5, 0.6) is 0 Å². The highest BCUT2D eigenvalue weighted by molar-refractivity contribution is 6.30. The third-order valence-corrected chi connectivity index (χ3v) is 3.13. The molecule has 0 aliphatic heterocycles. The summed E-state index contributed by atoms with van der Waals surface area (Å²) in [6.07, 6.45) is 0. The second kappa shape index (κ2) is 4.61. The van der Waals surface area contributed by atoms with Crippen LogP contribution in [0.3, 0.4) is 0 Å². The molecule has 1 aromatic heterocycles. The zero-order valence-corrected chi connectivity index (χ0v) is 10.9. The van der Waals surface area contributed by atoms with Crippen molar-refractivity contribution in [1.82, 2.24) is 9.97 Å². The molecule has 100 valence electrons. The number of nitrogens with two attached hydrogens (primary N) is 1. The van der Waals surface area contributed by atoms with Gasteiger partial charge in [-0.2, -0.15) is 0 Å². The number of rotatable bonds is 2. The van der Waals surface area contributed by atoms with E-state index in [1.807, 2.05) is 0 Å². The molecule has 2 aromatic carbocycles. The third-order valence-electron chi connectivity index (χ3n) is 2.91. The van der Waals surface area contributed by atoms with Crippen molar-refractivity contribution in [1.29, 1.82) is 0 Å². The summed E-state index contributed by atoms with van der Waals surface area (Å²) >= 11 is 5.84. The standard InChI is InChI=1S/C14H9ClFN3O/c15-9-3-8(4-10(16)6-9)7-1-2-11-12(5-7)19-14(18-11)13(17)20/h1-6H,(H2,17,20)(H,18,19). The average Bonchev–Trinajstić information content (AvgIpc) is 2.80. The van der Waals surface area contributed by atoms with Crippen molar-refractivity contribution < 1.29 is 9.18 Å². The first-order valence-corrected chi connectivity index (χ1v) is 6.17. The number of aromatic nitrogens is 2. The first-order chi connectivity index (χ1) is 9.52. The van der Waals surface area contributed by atoms with E-state index in [4.69, 9.17) is 17.3 Å². The highest BCUT2D eigenvalue weighted by Gasteiger charge is 2.09. The molecule has 20 heavy (non-hydrogen) atoms. The van der Waals surface area contributed by atoms with Crippen molar-refractivity contribution in [2.24, 2.45) is 5.73 Å². The molecule has 3 N–H and O–H groups in total. The van der Waals surface area contributed by atoms with E-state index in [0.717, 1.165) is 5.56 Å². The molecule has 3 aromatic rings. The smallest absolute Gasteiger partial charge is 0.284 e. The van der Waals surface area contributed by atoms with Crippen LogP contribution in [0, 0.1) is 5.82 Å². The predicted molar refractivity (Wildman–Crippen MR) is 75.0 cm³/mol. The summed E-state index contributed by atoms with van der Waals surface area (Å²) in [7, 11) is 0. The number of hydrogen-bond donors (Lipinski definition) is 2. The summed E-state index contributed by atoms with van der Waals surface area (Å²) in [4.78, 5) is 18.0. The summed E-state index contributed by atoms with van der Waals surface area (Å²) in [6.45, 7) is 0. The molecular weight excluding hydrogens is 281 g/mol. The highest BCUT2D eigenvalue weighted by Crippen LogP contribution is 2.26. The molecule has 0 fully saturated rings. The maximum atomic E-state index is 13.4. The average molecular weight is 290 g/mol. The molecular formula is C14H9ClFN3O. The number of nitrogens with zero attached hydrogens (tertiary/aromatic N) is 1. The van der Waals surface area contributed by atoms with Gasteiger partial charge in [0.25, 0.3) is 5.91 Å². The van der Waals surface area contributed by atoms with Gasteiger partial charge >= 0.3 is 0 Å². The van der Waals surface area contributed by atoms with Gasteiger partial charge < -0.3 is 10.7 Å². The number of primary amides is 1. The number of hydrogen-bond acceptors (Lipinski definition) is 2. The maximum Gasteiger partial charge on any atom is 0.284 e. The molecule has 3 rings (SSSR count). The van der Waals surface area contributed by atoms with E-state index in [2.05, 4.69) is 9.97 Å². The number of imidazole rings is 1. The summed E-state index contributed by atoms with van der Waals surface area (Å²) in [5, 5.41) is 0.322. The second-order valence-corrected chi connectivity index (χ2v) is 4.78. The van der Waals surface area contributed by atoms with Crippen molar-refractivity contribution in [3.8, 4) is 11.1 Å². The summed E-state index contributed by atoms with van der Waals surface area (Å²) in [5.74, 6) is -0.944. The second-order valence-electron chi connectivity index (χ2n) is 4.34. The molecule has 4 nitrogen and oxygen atoms in total. The van der Waals surface area contributed by atoms with Crippen LogP contribution in [-0.4, -0.2) is 15.9 Å². The molecule has 0 atom stereocenters. The summed E-state index contributed by atoms with van der Waals surface area (Å²) < 4.78 is 13.4. The predicted octanol–water partition coefficient (Wildman–Crippen LogP) is 3.12. The van der Waals surface area contributed by atoms with E-state index in [1.54, 1.807) is 24.3 Å². The monoisotopic (exact) mass is 289 g/mol. The van der Waals surface area contributed by atoms with Crippen LogP contribution in [0.2, 0.25) is 5.02 Å². The molecule has 1 heterocycles. The van der Waals surface area contributed by atoms with Gasteiger partial charge in [0.1, 0.15) is 5.82 Å². The normalized spacial score (nSPS) is 10.9. The van der Waals surface area contributed by atoms with E-state index in [1.165, 1.54) is 12.1 Å². The van der Waals surface area contributed by atoms with Crippen LogP contribution >= 0.6 is 11.6 Å². The topological polar surface area (TPSA) is 71.8 Å². The summed E-state index contributed by atoms with van der Waals surface area (Å²) in [6, 6.07) is 9.56. The van der Waals surface area contributed by atoms with Gasteiger partial charge in [-0.15, -0.1) is 0 Å². The highest BCUT2D eigenvalue weighted by atomic mass is 35.5. The van der Waals surface area contributed by atoms with E-state index in [-0.39, 0.29) is 5.82 Å². The molecule has 6 heteroatoms. The molecule has 0 aliphatic rings. The van der Waals surface area contributed by atoms with Crippen molar-refractivity contribution in [2.75, 3.05) is 0 Å². The lowest BCUT2D eigenvalue weighted by Crippen LogP contribution is -2.12. The lowest BCUT2D eigenvalue weighted by atomic mass is 10.1. The largest absolute Gasteiger partial charge is 0.363 e. The summed E-state index contributed by atoms with van der Waals surface area (Å²) in [5.41, 5.74) is 7.84. The molecule has 1 amide bonds. The molecule has 0 spiro atoms. The number of carbonyl (C=O) groups is 1. The molecule has 0 saturated heterocycles. The molecule has 0 radical (unpaired) electrons. The van der Waals surface area contributed by atoms with Crippen LogP contribution in [0.15, 0.2) is 36.4 Å². The lowest BCUT2D eigenvalue weighted by molar-refractivity contribution is 0.0991. The van der Waals surface area contributed by atoms with Gasteiger partial charge in [-0.1, -0.05) is 17.7 Å². The fraction of sp³-hybridized carbons (Fsp3) is 0. The van der Waals surface area contributed by atoms with Crippen molar-refractivity contribution in [2.45, 2.75) is 0 Å². The minimum Gasteiger partial charge on any atom is -0.363 e. The zero-order valence-electron chi connectivity index (χ0n) is 10.2. The Morgan fingerprint density at radius 3 is 2.70 bits per heavy atom. The minimum atomic E-state index is -0.628. The number of amides is 1. The number of benzene rings is 2. The van der Waals surface area contributed by atoms with Gasteiger partial charge in [-0.3, -0.25) is 4.79 Å². The number of H-pyrrole nitrogens is 1. The van der Waals surface area contributed by atoms with Crippen molar-refractivity contribution >= 4 is 28.5 Å². The molecule has 0 saturated carbocycles. The first kappa shape index (κ1) is 12.6. The van der Waals surface area contributed by atoms with Crippen LogP contribution in [-0.2, 0) is 0 Å². The zero-order chi connectivity index (χ0) is 14.3. The number of aromatic amines is 1. The van der Waals surface area contributed by atoms with Crippen LogP contribution in [0.4, 0.5) is 4.39 Å².